The van der Waals surface area contributed by atoms with Crippen molar-refractivity contribution < 1.29 is 14.7 Å². The van der Waals surface area contributed by atoms with Crippen LogP contribution in [0.25, 0.3) is 6.08 Å². The zero-order chi connectivity index (χ0) is 19.6. The van der Waals surface area contributed by atoms with Crippen molar-refractivity contribution in [3.8, 4) is 5.75 Å². The summed E-state index contributed by atoms with van der Waals surface area (Å²) in [5.74, 6) is -0.367. The Morgan fingerprint density at radius 1 is 1.04 bits per heavy atom. The Morgan fingerprint density at radius 2 is 1.78 bits per heavy atom. The number of allylic oxidation sites excluding steroid dienone is 1. The lowest BCUT2D eigenvalue weighted by molar-refractivity contribution is 0.0952. The highest BCUT2D eigenvalue weighted by molar-refractivity contribution is 6.08. The number of nitrogens with one attached hydrogen (secondary N) is 1. The minimum absolute atomic E-state index is 0.0267. The number of aromatic hydroxyl groups is 1. The number of carbonyl (C=O) groups excluding carboxylic acids is 2. The number of hydrogen-bond donors (Lipinski definition) is 2. The Balaban J connectivity index is 1.93. The molecule has 0 aromatic heterocycles. The molecule has 0 radical (unpaired) electrons. The maximum atomic E-state index is 12.2. The molecule has 0 atom stereocenters. The molecule has 0 saturated carbocycles. The summed E-state index contributed by atoms with van der Waals surface area (Å²) in [6, 6.07) is 12.0. The molecule has 0 heterocycles. The largest absolute Gasteiger partial charge is 0.507 e. The van der Waals surface area contributed by atoms with E-state index in [1.807, 2.05) is 6.92 Å². The monoisotopic (exact) mass is 365 g/mol. The zero-order valence-electron chi connectivity index (χ0n) is 16.0. The number of phenols is 1. The second-order valence-corrected chi connectivity index (χ2v) is 6.66. The summed E-state index contributed by atoms with van der Waals surface area (Å²) in [5, 5.41) is 12.7. The van der Waals surface area contributed by atoms with Crippen LogP contribution in [-0.2, 0) is 0 Å². The number of carbonyl (C=O) groups is 2. The summed E-state index contributed by atoms with van der Waals surface area (Å²) in [4.78, 5) is 24.3. The number of amides is 1. The Bertz CT molecular complexity index is 807. The Morgan fingerprint density at radius 3 is 2.48 bits per heavy atom. The van der Waals surface area contributed by atoms with Gasteiger partial charge >= 0.3 is 0 Å². The number of phenolic OH excluding ortho intramolecular Hbond substituents is 1. The van der Waals surface area contributed by atoms with Gasteiger partial charge in [-0.3, -0.25) is 9.59 Å². The predicted molar refractivity (Wildman–Crippen MR) is 109 cm³/mol. The lowest BCUT2D eigenvalue weighted by Gasteiger charge is -2.05. The first kappa shape index (κ1) is 20.4. The summed E-state index contributed by atoms with van der Waals surface area (Å²) < 4.78 is 0. The third kappa shape index (κ3) is 6.41. The van der Waals surface area contributed by atoms with Crippen molar-refractivity contribution in [2.24, 2.45) is 0 Å². The molecule has 1 amide bonds. The molecular formula is C23H27NO3. The summed E-state index contributed by atoms with van der Waals surface area (Å²) in [7, 11) is 0. The molecule has 4 nitrogen and oxygen atoms in total. The lowest BCUT2D eigenvalue weighted by Crippen LogP contribution is -2.24. The minimum atomic E-state index is -0.259. The molecule has 142 valence electrons. The van der Waals surface area contributed by atoms with Gasteiger partial charge in [0.05, 0.1) is 5.56 Å². The van der Waals surface area contributed by atoms with E-state index in [0.717, 1.165) is 24.0 Å². The standard InChI is InChI=1S/C23H27NO3/c1-3-4-5-6-15-24-23(27)19-11-8-18(9-12-19)10-14-22(26)20-16-17(2)7-13-21(20)25/h7-14,16,25H,3-6,15H2,1-2H3,(H,24,27)/b14-10+. The smallest absolute Gasteiger partial charge is 0.251 e. The van der Waals surface area contributed by atoms with Crippen molar-refractivity contribution >= 4 is 17.8 Å². The van der Waals surface area contributed by atoms with Crippen LogP contribution in [0.2, 0.25) is 0 Å². The molecule has 2 aromatic rings. The van der Waals surface area contributed by atoms with Gasteiger partial charge in [-0.25, -0.2) is 0 Å². The van der Waals surface area contributed by atoms with E-state index in [-0.39, 0.29) is 23.0 Å². The van der Waals surface area contributed by atoms with E-state index in [9.17, 15) is 14.7 Å². The molecule has 0 aliphatic heterocycles. The molecule has 0 fully saturated rings. The van der Waals surface area contributed by atoms with Gasteiger partial charge in [0.1, 0.15) is 5.75 Å². The molecule has 0 saturated heterocycles. The SMILES string of the molecule is CCCCCCNC(=O)c1ccc(/C=C/C(=O)c2cc(C)ccc2O)cc1. The third-order valence-corrected chi connectivity index (χ3v) is 4.33. The normalized spacial score (nSPS) is 10.9. The van der Waals surface area contributed by atoms with Crippen molar-refractivity contribution in [2.75, 3.05) is 6.54 Å². The van der Waals surface area contributed by atoms with Gasteiger partial charge in [-0.15, -0.1) is 0 Å². The Hall–Kier alpha value is -2.88. The van der Waals surface area contributed by atoms with Crippen LogP contribution < -0.4 is 5.32 Å². The first-order chi connectivity index (χ1) is 13.0. The molecule has 0 unspecified atom stereocenters. The Labute approximate surface area is 160 Å². The molecule has 0 bridgehead atoms. The molecule has 0 aliphatic rings. The maximum Gasteiger partial charge on any atom is 0.251 e. The average molecular weight is 365 g/mol. The average Bonchev–Trinajstić information content (AvgIpc) is 2.68. The highest BCUT2D eigenvalue weighted by atomic mass is 16.3. The molecule has 0 spiro atoms. The minimum Gasteiger partial charge on any atom is -0.507 e. The van der Waals surface area contributed by atoms with Crippen LogP contribution in [0.1, 0.15) is 64.4 Å². The van der Waals surface area contributed by atoms with Crippen LogP contribution in [0.3, 0.4) is 0 Å². The number of unbranched alkanes of at least 4 members (excludes halogenated alkanes) is 3. The number of aryl methyl sites for hydroxylation is 1. The van der Waals surface area contributed by atoms with Gasteiger partial charge in [0, 0.05) is 12.1 Å². The summed E-state index contributed by atoms with van der Waals surface area (Å²) in [5.41, 5.74) is 2.61. The second kappa shape index (κ2) is 10.3. The second-order valence-electron chi connectivity index (χ2n) is 6.66. The van der Waals surface area contributed by atoms with Gasteiger partial charge in [0.2, 0.25) is 0 Å². The van der Waals surface area contributed by atoms with Crippen molar-refractivity contribution in [1.29, 1.82) is 0 Å². The van der Waals surface area contributed by atoms with Gasteiger partial charge in [-0.2, -0.15) is 0 Å². The maximum absolute atomic E-state index is 12.2. The van der Waals surface area contributed by atoms with Crippen molar-refractivity contribution in [1.82, 2.24) is 5.32 Å². The Kier molecular flexibility index (Phi) is 7.80. The van der Waals surface area contributed by atoms with E-state index in [1.54, 1.807) is 42.5 Å². The van der Waals surface area contributed by atoms with Gasteiger partial charge in [-0.1, -0.05) is 56.0 Å². The van der Waals surface area contributed by atoms with E-state index < -0.39 is 0 Å². The highest BCUT2D eigenvalue weighted by Gasteiger charge is 2.08. The first-order valence-electron chi connectivity index (χ1n) is 9.41. The summed E-state index contributed by atoms with van der Waals surface area (Å²) >= 11 is 0. The fraction of sp³-hybridized carbons (Fsp3) is 0.304. The predicted octanol–water partition coefficient (Wildman–Crippen LogP) is 4.91. The molecule has 0 aliphatic carbocycles. The van der Waals surface area contributed by atoms with Crippen molar-refractivity contribution in [3.05, 3.63) is 70.8 Å². The van der Waals surface area contributed by atoms with Gasteiger partial charge < -0.3 is 10.4 Å². The van der Waals surface area contributed by atoms with Gasteiger partial charge in [0.15, 0.2) is 5.78 Å². The van der Waals surface area contributed by atoms with Crippen molar-refractivity contribution in [2.45, 2.75) is 39.5 Å². The van der Waals surface area contributed by atoms with E-state index in [0.29, 0.717) is 12.1 Å². The quantitative estimate of drug-likeness (QED) is 0.377. The van der Waals surface area contributed by atoms with Crippen LogP contribution in [0.5, 0.6) is 5.75 Å². The fourth-order valence-corrected chi connectivity index (χ4v) is 2.71. The molecule has 27 heavy (non-hydrogen) atoms. The van der Waals surface area contributed by atoms with Crippen LogP contribution in [0.15, 0.2) is 48.5 Å². The van der Waals surface area contributed by atoms with Crippen molar-refractivity contribution in [3.63, 3.8) is 0 Å². The molecule has 2 rings (SSSR count). The fourth-order valence-electron chi connectivity index (χ4n) is 2.71. The zero-order valence-corrected chi connectivity index (χ0v) is 16.0. The van der Waals surface area contributed by atoms with E-state index in [2.05, 4.69) is 12.2 Å². The first-order valence-corrected chi connectivity index (χ1v) is 9.41. The van der Waals surface area contributed by atoms with Crippen LogP contribution in [0.4, 0.5) is 0 Å². The summed E-state index contributed by atoms with van der Waals surface area (Å²) in [6.45, 7) is 4.72. The number of ketones is 1. The van der Waals surface area contributed by atoms with Crippen LogP contribution in [0, 0.1) is 6.92 Å². The van der Waals surface area contributed by atoms with Gasteiger partial charge in [0.25, 0.3) is 5.91 Å². The van der Waals surface area contributed by atoms with E-state index in [4.69, 9.17) is 0 Å². The summed E-state index contributed by atoms with van der Waals surface area (Å²) in [6.07, 6.45) is 7.60. The van der Waals surface area contributed by atoms with Crippen LogP contribution >= 0.6 is 0 Å². The number of hydrogen-bond acceptors (Lipinski definition) is 3. The molecule has 4 heteroatoms. The molecule has 2 N–H and O–H groups in total. The number of benzene rings is 2. The third-order valence-electron chi connectivity index (χ3n) is 4.33. The number of rotatable bonds is 9. The van der Waals surface area contributed by atoms with E-state index in [1.165, 1.54) is 25.0 Å². The van der Waals surface area contributed by atoms with Crippen LogP contribution in [-0.4, -0.2) is 23.3 Å². The van der Waals surface area contributed by atoms with E-state index >= 15 is 0 Å². The molecule has 2 aromatic carbocycles. The topological polar surface area (TPSA) is 66.4 Å². The highest BCUT2D eigenvalue weighted by Crippen LogP contribution is 2.19. The lowest BCUT2D eigenvalue weighted by atomic mass is 10.0. The van der Waals surface area contributed by atoms with Gasteiger partial charge in [-0.05, 0) is 49.2 Å². The molecular weight excluding hydrogens is 338 g/mol.